The maximum atomic E-state index is 14.2. The number of aliphatic carboxylic acids is 1. The molecule has 1 fully saturated rings. The molecular weight excluding hydrogens is 500 g/mol. The number of ether oxygens (including phenoxy) is 1. The van der Waals surface area contributed by atoms with Crippen LogP contribution in [-0.4, -0.2) is 39.4 Å². The fraction of sp³-hybridized carbons (Fsp3) is 0.261. The van der Waals surface area contributed by atoms with E-state index in [0.29, 0.717) is 23.1 Å². The van der Waals surface area contributed by atoms with Gasteiger partial charge in [0.25, 0.3) is 0 Å². The van der Waals surface area contributed by atoms with Crippen LogP contribution in [0.15, 0.2) is 59.3 Å². The number of rotatable bonds is 7. The number of hydrogen-bond donors (Lipinski definition) is 2. The molecule has 3 aromatic rings. The Morgan fingerprint density at radius 1 is 1.24 bits per heavy atom. The van der Waals surface area contributed by atoms with E-state index < -0.39 is 41.6 Å². The second-order valence-electron chi connectivity index (χ2n) is 7.70. The molecule has 2 N–H and O–H groups in total. The van der Waals surface area contributed by atoms with E-state index in [1.807, 2.05) is 0 Å². The summed E-state index contributed by atoms with van der Waals surface area (Å²) < 4.78 is 35.9. The van der Waals surface area contributed by atoms with E-state index in [2.05, 4.69) is 26.3 Å². The maximum absolute atomic E-state index is 14.2. The van der Waals surface area contributed by atoms with Gasteiger partial charge >= 0.3 is 5.97 Å². The van der Waals surface area contributed by atoms with Crippen LogP contribution < -0.4 is 5.32 Å². The molecule has 2 unspecified atom stereocenters. The van der Waals surface area contributed by atoms with Gasteiger partial charge in [-0.05, 0) is 36.2 Å². The Bertz CT molecular complexity index is 1190. The maximum Gasteiger partial charge on any atom is 0.326 e. The molecule has 2 heterocycles. The normalized spacial score (nSPS) is 18.8. The van der Waals surface area contributed by atoms with Crippen LogP contribution in [0.3, 0.4) is 0 Å². The number of halogens is 3. The standard InChI is InChI=1S/C23H20BrF2N3O4/c24-15-6-5-13(18(26)10-15)9-19(23(31)32)28-22(30)16-7-8-33-21(16)14-11-27-29(12-14)20-4-2-1-3-17(20)25/h1-6,10-12,16,19,21H,7-9H2,(H,28,30)(H,31,32)/t16?,19-,21?/m0/s1. The van der Waals surface area contributed by atoms with Crippen molar-refractivity contribution >= 4 is 27.8 Å². The van der Waals surface area contributed by atoms with Gasteiger partial charge in [0.15, 0.2) is 0 Å². The van der Waals surface area contributed by atoms with Crippen LogP contribution in [0.4, 0.5) is 8.78 Å². The van der Waals surface area contributed by atoms with E-state index in [1.54, 1.807) is 30.5 Å². The van der Waals surface area contributed by atoms with Crippen LogP contribution in [0.5, 0.6) is 0 Å². The van der Waals surface area contributed by atoms with Gasteiger partial charge in [-0.25, -0.2) is 18.3 Å². The molecule has 0 radical (unpaired) electrons. The minimum absolute atomic E-state index is 0.177. The SMILES string of the molecule is O=C(N[C@@H](Cc1ccc(Br)cc1F)C(=O)O)C1CCOC1c1cnn(-c2ccccc2F)c1. The molecule has 4 rings (SSSR count). The van der Waals surface area contributed by atoms with Crippen LogP contribution in [-0.2, 0) is 20.7 Å². The zero-order chi connectivity index (χ0) is 23.5. The molecule has 1 amide bonds. The summed E-state index contributed by atoms with van der Waals surface area (Å²) in [6.45, 7) is 0.298. The summed E-state index contributed by atoms with van der Waals surface area (Å²) in [5, 5.41) is 16.3. The largest absolute Gasteiger partial charge is 0.480 e. The molecule has 0 spiro atoms. The number of hydrogen-bond acceptors (Lipinski definition) is 4. The summed E-state index contributed by atoms with van der Waals surface area (Å²) >= 11 is 3.16. The fourth-order valence-corrected chi connectivity index (χ4v) is 4.16. The van der Waals surface area contributed by atoms with Crippen molar-refractivity contribution in [2.45, 2.75) is 25.0 Å². The Morgan fingerprint density at radius 3 is 2.76 bits per heavy atom. The first-order chi connectivity index (χ1) is 15.8. The van der Waals surface area contributed by atoms with Crippen molar-refractivity contribution in [3.63, 3.8) is 0 Å². The predicted octanol–water partition coefficient (Wildman–Crippen LogP) is 3.80. The van der Waals surface area contributed by atoms with E-state index in [9.17, 15) is 23.5 Å². The molecule has 3 atom stereocenters. The molecule has 33 heavy (non-hydrogen) atoms. The van der Waals surface area contributed by atoms with Gasteiger partial charge in [0, 0.05) is 29.3 Å². The minimum atomic E-state index is -1.31. The zero-order valence-electron chi connectivity index (χ0n) is 17.2. The Morgan fingerprint density at radius 2 is 2.03 bits per heavy atom. The highest BCUT2D eigenvalue weighted by atomic mass is 79.9. The van der Waals surface area contributed by atoms with Crippen LogP contribution in [0.25, 0.3) is 5.69 Å². The quantitative estimate of drug-likeness (QED) is 0.495. The number of amides is 1. The Kier molecular flexibility index (Phi) is 6.85. The van der Waals surface area contributed by atoms with Gasteiger partial charge in [0.1, 0.15) is 23.4 Å². The molecule has 0 bridgehead atoms. The van der Waals surface area contributed by atoms with Gasteiger partial charge in [0.2, 0.25) is 5.91 Å². The monoisotopic (exact) mass is 519 g/mol. The van der Waals surface area contributed by atoms with Gasteiger partial charge < -0.3 is 15.2 Å². The van der Waals surface area contributed by atoms with E-state index in [1.165, 1.54) is 29.1 Å². The van der Waals surface area contributed by atoms with Crippen molar-refractivity contribution in [3.05, 3.63) is 82.1 Å². The van der Waals surface area contributed by atoms with E-state index in [-0.39, 0.29) is 17.7 Å². The molecular formula is C23H20BrF2N3O4. The van der Waals surface area contributed by atoms with Crippen molar-refractivity contribution in [2.75, 3.05) is 6.61 Å². The zero-order valence-corrected chi connectivity index (χ0v) is 18.8. The van der Waals surface area contributed by atoms with Crippen molar-refractivity contribution in [2.24, 2.45) is 5.92 Å². The number of nitrogens with zero attached hydrogens (tertiary/aromatic N) is 2. The lowest BCUT2D eigenvalue weighted by atomic mass is 9.95. The molecule has 10 heteroatoms. The first-order valence-corrected chi connectivity index (χ1v) is 11.0. The average molecular weight is 520 g/mol. The van der Waals surface area contributed by atoms with Gasteiger partial charge in [-0.15, -0.1) is 0 Å². The van der Waals surface area contributed by atoms with Crippen LogP contribution in [0.2, 0.25) is 0 Å². The number of aromatic nitrogens is 2. The molecule has 1 aliphatic heterocycles. The van der Waals surface area contributed by atoms with Crippen LogP contribution in [0, 0.1) is 17.6 Å². The summed E-state index contributed by atoms with van der Waals surface area (Å²) in [6, 6.07) is 9.15. The highest BCUT2D eigenvalue weighted by Gasteiger charge is 2.37. The number of benzene rings is 2. The van der Waals surface area contributed by atoms with Gasteiger partial charge in [0.05, 0.1) is 18.2 Å². The summed E-state index contributed by atoms with van der Waals surface area (Å²) in [6.07, 6.45) is 2.59. The van der Waals surface area contributed by atoms with Gasteiger partial charge in [-0.1, -0.05) is 34.1 Å². The van der Waals surface area contributed by atoms with Crippen LogP contribution >= 0.6 is 15.9 Å². The number of carboxylic acid groups (broad SMARTS) is 1. The molecule has 172 valence electrons. The first kappa shape index (κ1) is 23.1. The van der Waals surface area contributed by atoms with Crippen LogP contribution in [0.1, 0.15) is 23.7 Å². The molecule has 7 nitrogen and oxygen atoms in total. The topological polar surface area (TPSA) is 93.5 Å². The Balaban J connectivity index is 1.49. The molecule has 0 saturated carbocycles. The summed E-state index contributed by atoms with van der Waals surface area (Å²) in [7, 11) is 0. The van der Waals surface area contributed by atoms with Crippen molar-refractivity contribution < 1.29 is 28.2 Å². The predicted molar refractivity (Wildman–Crippen MR) is 118 cm³/mol. The molecule has 1 aromatic heterocycles. The lowest BCUT2D eigenvalue weighted by Gasteiger charge is -2.21. The second kappa shape index (κ2) is 9.80. The molecule has 1 aliphatic rings. The minimum Gasteiger partial charge on any atom is -0.480 e. The highest BCUT2D eigenvalue weighted by molar-refractivity contribution is 9.10. The highest BCUT2D eigenvalue weighted by Crippen LogP contribution is 2.35. The molecule has 0 aliphatic carbocycles. The van der Waals surface area contributed by atoms with E-state index in [4.69, 9.17) is 4.74 Å². The lowest BCUT2D eigenvalue weighted by molar-refractivity contribution is -0.142. The second-order valence-corrected chi connectivity index (χ2v) is 8.61. The summed E-state index contributed by atoms with van der Waals surface area (Å²) in [5.41, 5.74) is 1.00. The Labute approximate surface area is 196 Å². The van der Waals surface area contributed by atoms with Crippen molar-refractivity contribution in [3.8, 4) is 5.69 Å². The smallest absolute Gasteiger partial charge is 0.326 e. The number of nitrogens with one attached hydrogen (secondary N) is 1. The third-order valence-electron chi connectivity index (χ3n) is 5.51. The van der Waals surface area contributed by atoms with Crippen molar-refractivity contribution in [1.29, 1.82) is 0 Å². The van der Waals surface area contributed by atoms with E-state index in [0.717, 1.165) is 0 Å². The Hall–Kier alpha value is -3.11. The number of carbonyl (C=O) groups excluding carboxylic acids is 1. The summed E-state index contributed by atoms with van der Waals surface area (Å²) in [5.74, 6) is -3.46. The number of carbonyl (C=O) groups is 2. The first-order valence-electron chi connectivity index (χ1n) is 10.2. The third kappa shape index (κ3) is 5.12. The number of carboxylic acids is 1. The van der Waals surface area contributed by atoms with Gasteiger partial charge in [-0.2, -0.15) is 5.10 Å². The molecule has 1 saturated heterocycles. The average Bonchev–Trinajstić information content (AvgIpc) is 3.44. The van der Waals surface area contributed by atoms with Crippen molar-refractivity contribution in [1.82, 2.24) is 15.1 Å². The lowest BCUT2D eigenvalue weighted by Crippen LogP contribution is -2.45. The third-order valence-corrected chi connectivity index (χ3v) is 6.01. The fourth-order valence-electron chi connectivity index (χ4n) is 3.83. The molecule has 2 aromatic carbocycles. The van der Waals surface area contributed by atoms with Gasteiger partial charge in [-0.3, -0.25) is 4.79 Å². The summed E-state index contributed by atoms with van der Waals surface area (Å²) in [4.78, 5) is 24.7. The number of para-hydroxylation sites is 1. The van der Waals surface area contributed by atoms with E-state index >= 15 is 0 Å².